The molecule has 3 atom stereocenters. The minimum Gasteiger partial charge on any atom is -0.480 e. The van der Waals surface area contributed by atoms with Gasteiger partial charge < -0.3 is 15.2 Å². The van der Waals surface area contributed by atoms with E-state index in [0.29, 0.717) is 11.8 Å². The van der Waals surface area contributed by atoms with Crippen molar-refractivity contribution in [2.45, 2.75) is 44.6 Å². The van der Waals surface area contributed by atoms with Gasteiger partial charge in [0, 0.05) is 12.3 Å². The molecule has 0 aromatic rings. The molecule has 2 rings (SSSR count). The molecule has 0 spiro atoms. The van der Waals surface area contributed by atoms with Gasteiger partial charge in [0.05, 0.1) is 7.11 Å². The number of rotatable bonds is 6. The number of amides is 1. The average Bonchev–Trinajstić information content (AvgIpc) is 3.16. The normalized spacial score (nSPS) is 28.9. The van der Waals surface area contributed by atoms with Gasteiger partial charge in [-0.05, 0) is 31.1 Å². The molecule has 0 bridgehead atoms. The van der Waals surface area contributed by atoms with Gasteiger partial charge in [-0.3, -0.25) is 9.59 Å². The molecule has 0 radical (unpaired) electrons. The van der Waals surface area contributed by atoms with Gasteiger partial charge in [-0.1, -0.05) is 12.8 Å². The first-order chi connectivity index (χ1) is 9.54. The first-order valence-electron chi connectivity index (χ1n) is 7.14. The first kappa shape index (κ1) is 14.8. The summed E-state index contributed by atoms with van der Waals surface area (Å²) in [6.45, 7) is 0. The molecule has 0 aliphatic heterocycles. The van der Waals surface area contributed by atoms with Gasteiger partial charge in [0.25, 0.3) is 0 Å². The predicted molar refractivity (Wildman–Crippen MR) is 69.8 cm³/mol. The van der Waals surface area contributed by atoms with Crippen LogP contribution in [0.2, 0.25) is 0 Å². The minimum atomic E-state index is -1.11. The van der Waals surface area contributed by atoms with Crippen LogP contribution in [-0.4, -0.2) is 36.1 Å². The Balaban J connectivity index is 1.83. The molecule has 1 amide bonds. The largest absolute Gasteiger partial charge is 0.480 e. The van der Waals surface area contributed by atoms with Crippen molar-refractivity contribution < 1.29 is 24.2 Å². The van der Waals surface area contributed by atoms with E-state index in [1.807, 2.05) is 0 Å². The van der Waals surface area contributed by atoms with Gasteiger partial charge in [0.2, 0.25) is 5.91 Å². The zero-order valence-corrected chi connectivity index (χ0v) is 11.6. The molecule has 0 heterocycles. The van der Waals surface area contributed by atoms with Gasteiger partial charge >= 0.3 is 11.9 Å². The summed E-state index contributed by atoms with van der Waals surface area (Å²) in [7, 11) is 1.26. The van der Waals surface area contributed by atoms with Crippen molar-refractivity contribution in [2.24, 2.45) is 17.8 Å². The van der Waals surface area contributed by atoms with Gasteiger partial charge in [0.1, 0.15) is 6.04 Å². The summed E-state index contributed by atoms with van der Waals surface area (Å²) in [4.78, 5) is 34.3. The maximum Gasteiger partial charge on any atom is 0.326 e. The van der Waals surface area contributed by atoms with Crippen LogP contribution >= 0.6 is 0 Å². The number of esters is 1. The predicted octanol–water partition coefficient (Wildman–Crippen LogP) is 0.945. The number of carboxylic acid groups (broad SMARTS) is 1. The van der Waals surface area contributed by atoms with E-state index < -0.39 is 18.0 Å². The number of nitrogens with one attached hydrogen (secondary N) is 1. The lowest BCUT2D eigenvalue weighted by molar-refractivity contribution is -0.144. The Labute approximate surface area is 117 Å². The fraction of sp³-hybridized carbons (Fsp3) is 0.786. The molecule has 6 nitrogen and oxygen atoms in total. The number of aliphatic carboxylic acids is 1. The molecule has 2 unspecified atom stereocenters. The Bertz CT molecular complexity index is 396. The highest BCUT2D eigenvalue weighted by Crippen LogP contribution is 2.55. The zero-order chi connectivity index (χ0) is 14.7. The fourth-order valence-corrected chi connectivity index (χ4v) is 3.27. The van der Waals surface area contributed by atoms with Crippen LogP contribution in [0, 0.1) is 17.8 Å². The summed E-state index contributed by atoms with van der Waals surface area (Å²) >= 11 is 0. The van der Waals surface area contributed by atoms with Crippen molar-refractivity contribution in [3.63, 3.8) is 0 Å². The number of carbonyl (C=O) groups is 3. The third-order valence-corrected chi connectivity index (χ3v) is 4.44. The molecule has 20 heavy (non-hydrogen) atoms. The SMILES string of the molecule is COC(=O)CC[C@@H](NC(=O)C1C2CCCCC21)C(=O)O. The van der Waals surface area contributed by atoms with Crippen LogP contribution in [0.1, 0.15) is 38.5 Å². The van der Waals surface area contributed by atoms with Crippen LogP contribution < -0.4 is 5.32 Å². The average molecular weight is 283 g/mol. The van der Waals surface area contributed by atoms with Crippen LogP contribution in [0.3, 0.4) is 0 Å². The van der Waals surface area contributed by atoms with Crippen molar-refractivity contribution >= 4 is 17.8 Å². The Hall–Kier alpha value is -1.59. The third-order valence-electron chi connectivity index (χ3n) is 4.44. The summed E-state index contributed by atoms with van der Waals surface area (Å²) in [6.07, 6.45) is 4.53. The summed E-state index contributed by atoms with van der Waals surface area (Å²) in [6, 6.07) is -1.01. The van der Waals surface area contributed by atoms with Crippen molar-refractivity contribution in [3.8, 4) is 0 Å². The highest BCUT2D eigenvalue weighted by Gasteiger charge is 2.55. The lowest BCUT2D eigenvalue weighted by Crippen LogP contribution is -2.42. The first-order valence-corrected chi connectivity index (χ1v) is 7.14. The molecule has 6 heteroatoms. The second kappa shape index (κ2) is 6.24. The second-order valence-electron chi connectivity index (χ2n) is 5.65. The summed E-state index contributed by atoms with van der Waals surface area (Å²) in [5.41, 5.74) is 0. The molecule has 2 N–H and O–H groups in total. The maximum atomic E-state index is 12.1. The summed E-state index contributed by atoms with van der Waals surface area (Å²) in [5, 5.41) is 11.7. The van der Waals surface area contributed by atoms with E-state index in [4.69, 9.17) is 5.11 Å². The highest BCUT2D eigenvalue weighted by atomic mass is 16.5. The lowest BCUT2D eigenvalue weighted by atomic mass is 10.0. The number of hydrogen-bond donors (Lipinski definition) is 2. The molecule has 0 aromatic heterocycles. The number of fused-ring (bicyclic) bond motifs is 1. The quantitative estimate of drug-likeness (QED) is 0.708. The van der Waals surface area contributed by atoms with Crippen LogP contribution in [0.4, 0.5) is 0 Å². The Kier molecular flexibility index (Phi) is 4.62. The van der Waals surface area contributed by atoms with E-state index in [9.17, 15) is 14.4 Å². The van der Waals surface area contributed by atoms with Gasteiger partial charge in [0.15, 0.2) is 0 Å². The highest BCUT2D eigenvalue weighted by molar-refractivity contribution is 5.87. The van der Waals surface area contributed by atoms with Crippen LogP contribution in [0.15, 0.2) is 0 Å². The number of methoxy groups -OCH3 is 1. The zero-order valence-electron chi connectivity index (χ0n) is 11.6. The van der Waals surface area contributed by atoms with E-state index in [-0.39, 0.29) is 24.7 Å². The Morgan fingerprint density at radius 3 is 2.35 bits per heavy atom. The maximum absolute atomic E-state index is 12.1. The molecule has 2 saturated carbocycles. The van der Waals surface area contributed by atoms with E-state index >= 15 is 0 Å². The molecule has 2 aliphatic rings. The van der Waals surface area contributed by atoms with Gasteiger partial charge in [-0.25, -0.2) is 4.79 Å². The molecule has 2 fully saturated rings. The van der Waals surface area contributed by atoms with E-state index in [2.05, 4.69) is 10.1 Å². The van der Waals surface area contributed by atoms with Crippen molar-refractivity contribution in [1.82, 2.24) is 5.32 Å². The minimum absolute atomic E-state index is 0.00866. The van der Waals surface area contributed by atoms with Crippen LogP contribution in [0.25, 0.3) is 0 Å². The van der Waals surface area contributed by atoms with E-state index in [1.54, 1.807) is 0 Å². The number of hydrogen-bond acceptors (Lipinski definition) is 4. The van der Waals surface area contributed by atoms with Crippen molar-refractivity contribution in [1.29, 1.82) is 0 Å². The molecule has 112 valence electrons. The van der Waals surface area contributed by atoms with E-state index in [0.717, 1.165) is 25.7 Å². The second-order valence-corrected chi connectivity index (χ2v) is 5.65. The molecular formula is C14H21NO5. The summed E-state index contributed by atoms with van der Waals surface area (Å²) in [5.74, 6) is -0.870. The Morgan fingerprint density at radius 2 is 1.85 bits per heavy atom. The topological polar surface area (TPSA) is 92.7 Å². The standard InChI is InChI=1S/C14H21NO5/c1-20-11(16)7-6-10(14(18)19)15-13(17)12-8-4-2-3-5-9(8)12/h8-10,12H,2-7H2,1H3,(H,15,17)(H,18,19)/t8?,9?,10-,12?/m1/s1. The van der Waals surface area contributed by atoms with Crippen LogP contribution in [-0.2, 0) is 19.1 Å². The molecular weight excluding hydrogens is 262 g/mol. The molecule has 2 aliphatic carbocycles. The van der Waals surface area contributed by atoms with Crippen LogP contribution in [0.5, 0.6) is 0 Å². The van der Waals surface area contributed by atoms with Gasteiger partial charge in [-0.15, -0.1) is 0 Å². The monoisotopic (exact) mass is 283 g/mol. The summed E-state index contributed by atoms with van der Waals surface area (Å²) < 4.78 is 4.48. The van der Waals surface area contributed by atoms with Gasteiger partial charge in [-0.2, -0.15) is 0 Å². The molecule has 0 aromatic carbocycles. The fourth-order valence-electron chi connectivity index (χ4n) is 3.27. The lowest BCUT2D eigenvalue weighted by Gasteiger charge is -2.14. The number of carbonyl (C=O) groups excluding carboxylic acids is 2. The molecule has 0 saturated heterocycles. The number of carboxylic acids is 1. The van der Waals surface area contributed by atoms with Crippen molar-refractivity contribution in [3.05, 3.63) is 0 Å². The Morgan fingerprint density at radius 1 is 1.25 bits per heavy atom. The van der Waals surface area contributed by atoms with Crippen molar-refractivity contribution in [2.75, 3.05) is 7.11 Å². The third kappa shape index (κ3) is 3.29. The smallest absolute Gasteiger partial charge is 0.326 e. The van der Waals surface area contributed by atoms with E-state index in [1.165, 1.54) is 7.11 Å². The number of ether oxygens (including phenoxy) is 1.